The number of hydrogen-bond donors (Lipinski definition) is 2. The first-order valence-electron chi connectivity index (χ1n) is 5.76. The van der Waals surface area contributed by atoms with Gasteiger partial charge in [0.2, 0.25) is 11.8 Å². The van der Waals surface area contributed by atoms with Gasteiger partial charge in [-0.2, -0.15) is 0 Å². The minimum Gasteiger partial charge on any atom is -0.399 e. The minimum atomic E-state index is -0.249. The Bertz CT molecular complexity index is 507. The molecule has 2 rings (SSSR count). The Hall–Kier alpha value is -1.60. The summed E-state index contributed by atoms with van der Waals surface area (Å²) in [5.41, 5.74) is 6.85. The summed E-state index contributed by atoms with van der Waals surface area (Å²) in [4.78, 5) is 24.8. The molecule has 1 aromatic rings. The van der Waals surface area contributed by atoms with Crippen LogP contribution in [0.25, 0.3) is 0 Å². The Morgan fingerprint density at radius 1 is 1.53 bits per heavy atom. The molecule has 2 amide bonds. The number of nitrogens with two attached hydrogens (primary N) is 1. The van der Waals surface area contributed by atoms with Crippen LogP contribution in [-0.4, -0.2) is 43.0 Å². The molecule has 1 aromatic carbocycles. The second-order valence-corrected chi connectivity index (χ2v) is 5.01. The van der Waals surface area contributed by atoms with Gasteiger partial charge in [0, 0.05) is 16.7 Å². The van der Waals surface area contributed by atoms with Crippen LogP contribution < -0.4 is 11.1 Å². The third-order valence-electron chi connectivity index (χ3n) is 2.69. The normalized spacial score (nSPS) is 15.4. The molecule has 0 unspecified atom stereocenters. The van der Waals surface area contributed by atoms with Crippen molar-refractivity contribution in [2.24, 2.45) is 0 Å². The maximum absolute atomic E-state index is 11.9. The molecule has 1 aliphatic heterocycles. The van der Waals surface area contributed by atoms with Crippen molar-refractivity contribution < 1.29 is 14.3 Å². The van der Waals surface area contributed by atoms with Crippen molar-refractivity contribution in [3.63, 3.8) is 0 Å². The van der Waals surface area contributed by atoms with Gasteiger partial charge in [-0.25, -0.2) is 0 Å². The lowest BCUT2D eigenvalue weighted by molar-refractivity contribution is -0.144. The molecule has 3 N–H and O–H groups in total. The quantitative estimate of drug-likeness (QED) is 0.805. The third-order valence-corrected chi connectivity index (χ3v) is 3.34. The fraction of sp³-hybridized carbons (Fsp3) is 0.333. The molecule has 0 aliphatic carbocycles. The fourth-order valence-electron chi connectivity index (χ4n) is 1.71. The summed E-state index contributed by atoms with van der Waals surface area (Å²) in [6, 6.07) is 5.11. The van der Waals surface area contributed by atoms with Crippen molar-refractivity contribution in [2.45, 2.75) is 0 Å². The first-order valence-corrected chi connectivity index (χ1v) is 6.56. The van der Waals surface area contributed by atoms with Crippen LogP contribution in [0.3, 0.4) is 0 Å². The van der Waals surface area contributed by atoms with Gasteiger partial charge in [0.05, 0.1) is 12.3 Å². The number of benzene rings is 1. The lowest BCUT2D eigenvalue weighted by atomic mass is 10.3. The van der Waals surface area contributed by atoms with Crippen molar-refractivity contribution >= 4 is 39.1 Å². The number of halogens is 1. The number of anilines is 2. The van der Waals surface area contributed by atoms with Crippen LogP contribution >= 0.6 is 15.9 Å². The SMILES string of the molecule is Nc1ccc(NC(=O)CN2CCOCC2=O)c(Br)c1. The first-order chi connectivity index (χ1) is 9.06. The maximum Gasteiger partial charge on any atom is 0.249 e. The second-order valence-electron chi connectivity index (χ2n) is 4.16. The third kappa shape index (κ3) is 3.68. The molecular weight excluding hydrogens is 314 g/mol. The van der Waals surface area contributed by atoms with Crippen LogP contribution in [0.1, 0.15) is 0 Å². The lowest BCUT2D eigenvalue weighted by Crippen LogP contribution is -2.45. The predicted octanol–water partition coefficient (Wildman–Crippen LogP) is 0.829. The molecule has 1 aliphatic rings. The summed E-state index contributed by atoms with van der Waals surface area (Å²) in [5, 5.41) is 2.73. The smallest absolute Gasteiger partial charge is 0.249 e. The van der Waals surface area contributed by atoms with Crippen LogP contribution in [0.5, 0.6) is 0 Å². The van der Waals surface area contributed by atoms with Crippen molar-refractivity contribution in [1.82, 2.24) is 4.90 Å². The molecule has 0 atom stereocenters. The maximum atomic E-state index is 11.9. The number of hydrogen-bond acceptors (Lipinski definition) is 4. The van der Waals surface area contributed by atoms with Gasteiger partial charge in [-0.1, -0.05) is 0 Å². The molecule has 0 radical (unpaired) electrons. The number of carbonyl (C=O) groups is 2. The number of nitrogen functional groups attached to an aromatic ring is 1. The van der Waals surface area contributed by atoms with Crippen molar-refractivity contribution in [3.05, 3.63) is 22.7 Å². The Morgan fingerprint density at radius 3 is 3.00 bits per heavy atom. The molecule has 6 nitrogen and oxygen atoms in total. The summed E-state index contributed by atoms with van der Waals surface area (Å²) < 4.78 is 5.70. The Labute approximate surface area is 119 Å². The zero-order valence-electron chi connectivity index (χ0n) is 10.2. The fourth-order valence-corrected chi connectivity index (χ4v) is 2.21. The standard InChI is InChI=1S/C12H14BrN3O3/c13-9-5-8(14)1-2-10(9)15-11(17)6-16-3-4-19-7-12(16)18/h1-2,5H,3-4,6-7,14H2,(H,15,17). The van der Waals surface area contributed by atoms with Crippen LogP contribution in [0.15, 0.2) is 22.7 Å². The average molecular weight is 328 g/mol. The highest BCUT2D eigenvalue weighted by Crippen LogP contribution is 2.24. The first kappa shape index (κ1) is 13.8. The highest BCUT2D eigenvalue weighted by molar-refractivity contribution is 9.10. The molecule has 0 saturated carbocycles. The van der Waals surface area contributed by atoms with Crippen LogP contribution in [0.2, 0.25) is 0 Å². The molecule has 1 heterocycles. The number of ether oxygens (including phenoxy) is 1. The van der Waals surface area contributed by atoms with E-state index in [4.69, 9.17) is 10.5 Å². The van der Waals surface area contributed by atoms with Gasteiger partial charge >= 0.3 is 0 Å². The molecule has 1 fully saturated rings. The Kier molecular flexibility index (Phi) is 4.39. The summed E-state index contributed by atoms with van der Waals surface area (Å²) in [6.07, 6.45) is 0. The summed E-state index contributed by atoms with van der Waals surface area (Å²) in [5.74, 6) is -0.418. The van der Waals surface area contributed by atoms with E-state index in [9.17, 15) is 9.59 Å². The van der Waals surface area contributed by atoms with E-state index >= 15 is 0 Å². The van der Waals surface area contributed by atoms with Gasteiger partial charge in [0.1, 0.15) is 13.2 Å². The van der Waals surface area contributed by atoms with Gasteiger partial charge in [0.15, 0.2) is 0 Å². The number of amides is 2. The summed E-state index contributed by atoms with van der Waals surface area (Å²) in [6.45, 7) is 0.970. The van der Waals surface area contributed by atoms with Gasteiger partial charge in [-0.3, -0.25) is 9.59 Å². The lowest BCUT2D eigenvalue weighted by Gasteiger charge is -2.26. The molecule has 7 heteroatoms. The van der Waals surface area contributed by atoms with Gasteiger partial charge in [0.25, 0.3) is 0 Å². The zero-order valence-corrected chi connectivity index (χ0v) is 11.8. The molecular formula is C12H14BrN3O3. The van der Waals surface area contributed by atoms with E-state index in [1.54, 1.807) is 18.2 Å². The topological polar surface area (TPSA) is 84.7 Å². The molecule has 102 valence electrons. The van der Waals surface area contributed by atoms with E-state index in [0.717, 1.165) is 0 Å². The molecule has 19 heavy (non-hydrogen) atoms. The van der Waals surface area contributed by atoms with Gasteiger partial charge < -0.3 is 20.7 Å². The van der Waals surface area contributed by atoms with Crippen LogP contribution in [-0.2, 0) is 14.3 Å². The van der Waals surface area contributed by atoms with Crippen LogP contribution in [0, 0.1) is 0 Å². The predicted molar refractivity (Wildman–Crippen MR) is 74.6 cm³/mol. The largest absolute Gasteiger partial charge is 0.399 e. The van der Waals surface area contributed by atoms with Crippen LogP contribution in [0.4, 0.5) is 11.4 Å². The molecule has 1 saturated heterocycles. The number of rotatable bonds is 3. The van der Waals surface area contributed by atoms with E-state index in [0.29, 0.717) is 29.0 Å². The van der Waals surface area contributed by atoms with E-state index in [1.807, 2.05) is 0 Å². The Morgan fingerprint density at radius 2 is 2.32 bits per heavy atom. The van der Waals surface area contributed by atoms with Gasteiger partial charge in [-0.05, 0) is 34.1 Å². The monoisotopic (exact) mass is 327 g/mol. The highest BCUT2D eigenvalue weighted by Gasteiger charge is 2.21. The van der Waals surface area contributed by atoms with E-state index in [1.165, 1.54) is 4.90 Å². The molecule has 0 bridgehead atoms. The highest BCUT2D eigenvalue weighted by atomic mass is 79.9. The summed E-state index contributed by atoms with van der Waals surface area (Å²) in [7, 11) is 0. The number of nitrogens with one attached hydrogen (secondary N) is 1. The minimum absolute atomic E-state index is 0.0268. The number of nitrogens with zero attached hydrogens (tertiary/aromatic N) is 1. The number of morpholine rings is 1. The van der Waals surface area contributed by atoms with Crippen molar-refractivity contribution in [3.8, 4) is 0 Å². The summed E-state index contributed by atoms with van der Waals surface area (Å²) >= 11 is 3.32. The van der Waals surface area contributed by atoms with E-state index < -0.39 is 0 Å². The van der Waals surface area contributed by atoms with Crippen molar-refractivity contribution in [2.75, 3.05) is 37.4 Å². The van der Waals surface area contributed by atoms with Gasteiger partial charge in [-0.15, -0.1) is 0 Å². The Balaban J connectivity index is 1.95. The average Bonchev–Trinajstić information content (AvgIpc) is 2.36. The van der Waals surface area contributed by atoms with E-state index in [2.05, 4.69) is 21.2 Å². The van der Waals surface area contributed by atoms with E-state index in [-0.39, 0.29) is 25.0 Å². The molecule has 0 aromatic heterocycles. The molecule has 0 spiro atoms. The second kappa shape index (κ2) is 6.03. The number of carbonyl (C=O) groups excluding carboxylic acids is 2. The zero-order chi connectivity index (χ0) is 13.8. The van der Waals surface area contributed by atoms with Crippen molar-refractivity contribution in [1.29, 1.82) is 0 Å².